The summed E-state index contributed by atoms with van der Waals surface area (Å²) in [4.78, 5) is 17.9. The van der Waals surface area contributed by atoms with E-state index in [0.717, 1.165) is 25.5 Å². The van der Waals surface area contributed by atoms with Gasteiger partial charge in [-0.05, 0) is 36.1 Å². The molecule has 0 aliphatic heterocycles. The van der Waals surface area contributed by atoms with Crippen molar-refractivity contribution in [3.8, 4) is 0 Å². The maximum Gasteiger partial charge on any atom is 0.289 e. The summed E-state index contributed by atoms with van der Waals surface area (Å²) in [5, 5.41) is 1.92. The molecule has 0 saturated heterocycles. The first kappa shape index (κ1) is 12.3. The quantitative estimate of drug-likeness (QED) is 0.676. The molecule has 5 heteroatoms. The maximum absolute atomic E-state index is 12.2. The van der Waals surface area contributed by atoms with E-state index >= 15 is 0 Å². The standard InChI is InChI=1S/C14H12N2OS2/c1-9-7-8-18-12(9)13(17)15-14-16(2)10-5-3-4-6-11(10)19-14/h3-8H,1-2H3. The lowest BCUT2D eigenvalue weighted by molar-refractivity contribution is 0.100. The van der Waals surface area contributed by atoms with Crippen LogP contribution in [0.3, 0.4) is 0 Å². The normalized spacial score (nSPS) is 12.2. The Morgan fingerprint density at radius 2 is 2.05 bits per heavy atom. The van der Waals surface area contributed by atoms with E-state index in [1.807, 2.05) is 54.3 Å². The Morgan fingerprint density at radius 1 is 1.26 bits per heavy atom. The van der Waals surface area contributed by atoms with Gasteiger partial charge >= 0.3 is 0 Å². The molecule has 0 bridgehead atoms. The summed E-state index contributed by atoms with van der Waals surface area (Å²) in [6.07, 6.45) is 0. The molecule has 0 unspecified atom stereocenters. The number of carbonyl (C=O) groups is 1. The minimum Gasteiger partial charge on any atom is -0.319 e. The highest BCUT2D eigenvalue weighted by Crippen LogP contribution is 2.18. The summed E-state index contributed by atoms with van der Waals surface area (Å²) in [5.41, 5.74) is 2.09. The van der Waals surface area contributed by atoms with Crippen LogP contribution in [0, 0.1) is 6.92 Å². The zero-order valence-corrected chi connectivity index (χ0v) is 12.2. The first-order chi connectivity index (χ1) is 9.16. The molecule has 2 aromatic heterocycles. The molecule has 3 rings (SSSR count). The number of aryl methyl sites for hydroxylation is 2. The third-order valence-electron chi connectivity index (χ3n) is 2.97. The maximum atomic E-state index is 12.2. The number of amides is 1. The Hall–Kier alpha value is -1.72. The van der Waals surface area contributed by atoms with Crippen LogP contribution in [0.1, 0.15) is 15.2 Å². The van der Waals surface area contributed by atoms with Crippen LogP contribution in [0.5, 0.6) is 0 Å². The topological polar surface area (TPSA) is 34.4 Å². The van der Waals surface area contributed by atoms with E-state index in [9.17, 15) is 4.79 Å². The van der Waals surface area contributed by atoms with Crippen molar-refractivity contribution in [2.24, 2.45) is 12.0 Å². The van der Waals surface area contributed by atoms with Gasteiger partial charge in [0.15, 0.2) is 4.80 Å². The molecule has 0 saturated carbocycles. The zero-order valence-electron chi connectivity index (χ0n) is 10.6. The van der Waals surface area contributed by atoms with E-state index in [1.54, 1.807) is 0 Å². The van der Waals surface area contributed by atoms with Gasteiger partial charge in [-0.15, -0.1) is 11.3 Å². The second-order valence-corrected chi connectivity index (χ2v) is 6.19. The molecule has 0 aliphatic carbocycles. The number of hydrogen-bond donors (Lipinski definition) is 0. The van der Waals surface area contributed by atoms with Crippen LogP contribution in [0.4, 0.5) is 0 Å². The summed E-state index contributed by atoms with van der Waals surface area (Å²) in [6, 6.07) is 10.0. The number of fused-ring (bicyclic) bond motifs is 1. The number of thiazole rings is 1. The van der Waals surface area contributed by atoms with E-state index in [1.165, 1.54) is 22.7 Å². The molecule has 3 nitrogen and oxygen atoms in total. The highest BCUT2D eigenvalue weighted by Gasteiger charge is 2.10. The summed E-state index contributed by atoms with van der Waals surface area (Å²) in [5.74, 6) is -0.158. The van der Waals surface area contributed by atoms with Crippen LogP contribution in [-0.2, 0) is 7.05 Å². The average molecular weight is 288 g/mol. The number of carbonyl (C=O) groups excluding carboxylic acids is 1. The van der Waals surface area contributed by atoms with E-state index in [2.05, 4.69) is 4.99 Å². The van der Waals surface area contributed by atoms with Crippen molar-refractivity contribution in [3.63, 3.8) is 0 Å². The Kier molecular flexibility index (Phi) is 3.08. The number of benzene rings is 1. The van der Waals surface area contributed by atoms with E-state index < -0.39 is 0 Å². The molecule has 0 aliphatic rings. The van der Waals surface area contributed by atoms with Gasteiger partial charge < -0.3 is 4.57 Å². The number of thiophene rings is 1. The summed E-state index contributed by atoms with van der Waals surface area (Å²) < 4.78 is 3.10. The van der Waals surface area contributed by atoms with Gasteiger partial charge in [-0.1, -0.05) is 23.5 Å². The molecule has 0 fully saturated rings. The van der Waals surface area contributed by atoms with Gasteiger partial charge in [-0.3, -0.25) is 4.79 Å². The van der Waals surface area contributed by atoms with Crippen LogP contribution in [0.15, 0.2) is 40.7 Å². The predicted molar refractivity (Wildman–Crippen MR) is 79.7 cm³/mol. The summed E-state index contributed by atoms with van der Waals surface area (Å²) in [7, 11) is 1.94. The van der Waals surface area contributed by atoms with Crippen molar-refractivity contribution >= 4 is 38.8 Å². The second kappa shape index (κ2) is 4.75. The number of para-hydroxylation sites is 1. The molecule has 2 heterocycles. The molecule has 0 atom stereocenters. The number of rotatable bonds is 1. The third-order valence-corrected chi connectivity index (χ3v) is 5.09. The van der Waals surface area contributed by atoms with Crippen LogP contribution >= 0.6 is 22.7 Å². The van der Waals surface area contributed by atoms with Gasteiger partial charge in [-0.25, -0.2) is 0 Å². The molecular formula is C14H12N2OS2. The van der Waals surface area contributed by atoms with Gasteiger partial charge in [0.05, 0.1) is 15.1 Å². The number of aromatic nitrogens is 1. The molecule has 0 radical (unpaired) electrons. The fourth-order valence-corrected chi connectivity index (χ4v) is 3.74. The fourth-order valence-electron chi connectivity index (χ4n) is 1.92. The zero-order chi connectivity index (χ0) is 13.4. The van der Waals surface area contributed by atoms with Crippen molar-refractivity contribution in [1.29, 1.82) is 0 Å². The van der Waals surface area contributed by atoms with Crippen molar-refractivity contribution in [2.45, 2.75) is 6.92 Å². The molecule has 19 heavy (non-hydrogen) atoms. The average Bonchev–Trinajstić information content (AvgIpc) is 2.95. The van der Waals surface area contributed by atoms with E-state index in [0.29, 0.717) is 0 Å². The lowest BCUT2D eigenvalue weighted by atomic mass is 10.3. The largest absolute Gasteiger partial charge is 0.319 e. The van der Waals surface area contributed by atoms with Gasteiger partial charge in [0.2, 0.25) is 0 Å². The fraction of sp³-hybridized carbons (Fsp3) is 0.143. The molecule has 0 spiro atoms. The molecule has 0 N–H and O–H groups in total. The lowest BCUT2D eigenvalue weighted by Gasteiger charge is -1.94. The summed E-state index contributed by atoms with van der Waals surface area (Å²) in [6.45, 7) is 1.93. The monoisotopic (exact) mass is 288 g/mol. The number of nitrogens with zero attached hydrogens (tertiary/aromatic N) is 2. The summed E-state index contributed by atoms with van der Waals surface area (Å²) >= 11 is 2.98. The highest BCUT2D eigenvalue weighted by atomic mass is 32.1. The Bertz CT molecular complexity index is 823. The highest BCUT2D eigenvalue weighted by molar-refractivity contribution is 7.16. The predicted octanol–water partition coefficient (Wildman–Crippen LogP) is 3.35. The molecule has 96 valence electrons. The lowest BCUT2D eigenvalue weighted by Crippen LogP contribution is -2.13. The van der Waals surface area contributed by atoms with Gasteiger partial charge in [0.1, 0.15) is 0 Å². The van der Waals surface area contributed by atoms with Gasteiger partial charge in [0.25, 0.3) is 5.91 Å². The second-order valence-electron chi connectivity index (χ2n) is 4.26. The molecule has 1 amide bonds. The smallest absolute Gasteiger partial charge is 0.289 e. The Labute approximate surface area is 118 Å². The molecule has 3 aromatic rings. The first-order valence-corrected chi connectivity index (χ1v) is 7.54. The van der Waals surface area contributed by atoms with Crippen LogP contribution in [0.2, 0.25) is 0 Å². The van der Waals surface area contributed by atoms with Crippen LogP contribution in [-0.4, -0.2) is 10.5 Å². The van der Waals surface area contributed by atoms with Crippen LogP contribution < -0.4 is 4.80 Å². The molecule has 1 aromatic carbocycles. The van der Waals surface area contributed by atoms with Crippen molar-refractivity contribution < 1.29 is 4.79 Å². The molecular weight excluding hydrogens is 276 g/mol. The Balaban J connectivity index is 2.14. The minimum absolute atomic E-state index is 0.158. The van der Waals surface area contributed by atoms with Crippen molar-refractivity contribution in [3.05, 3.63) is 51.0 Å². The number of hydrogen-bond acceptors (Lipinski definition) is 3. The van der Waals surface area contributed by atoms with Gasteiger partial charge in [-0.2, -0.15) is 4.99 Å². The minimum atomic E-state index is -0.158. The van der Waals surface area contributed by atoms with Gasteiger partial charge in [0, 0.05) is 7.05 Å². The SMILES string of the molecule is Cc1ccsc1C(=O)N=c1sc2ccccc2n1C. The van der Waals surface area contributed by atoms with Crippen molar-refractivity contribution in [1.82, 2.24) is 4.57 Å². The van der Waals surface area contributed by atoms with Crippen molar-refractivity contribution in [2.75, 3.05) is 0 Å². The first-order valence-electron chi connectivity index (χ1n) is 5.84. The Morgan fingerprint density at radius 3 is 2.74 bits per heavy atom. The van der Waals surface area contributed by atoms with E-state index in [-0.39, 0.29) is 5.91 Å². The van der Waals surface area contributed by atoms with Crippen LogP contribution in [0.25, 0.3) is 10.2 Å². The van der Waals surface area contributed by atoms with E-state index in [4.69, 9.17) is 0 Å². The third kappa shape index (κ3) is 2.15.